The molecule has 1 saturated heterocycles. The van der Waals surface area contributed by atoms with Crippen LogP contribution in [0.1, 0.15) is 24.6 Å². The molecule has 0 bridgehead atoms. The molecule has 1 aliphatic heterocycles. The number of hydrogen-bond donors (Lipinski definition) is 1. The molecule has 1 N–H and O–H groups in total. The van der Waals surface area contributed by atoms with E-state index < -0.39 is 0 Å². The number of piperidine rings is 1. The van der Waals surface area contributed by atoms with Gasteiger partial charge in [-0.15, -0.1) is 0 Å². The van der Waals surface area contributed by atoms with Crippen LogP contribution in [0.3, 0.4) is 0 Å². The first-order valence-corrected chi connectivity index (χ1v) is 4.48. The number of carbonyl (C=O) groups excluding carboxylic acids is 1. The van der Waals surface area contributed by atoms with Crippen LogP contribution in [0.15, 0.2) is 12.5 Å². The van der Waals surface area contributed by atoms with Crippen molar-refractivity contribution in [3.8, 4) is 0 Å². The fourth-order valence-corrected chi connectivity index (χ4v) is 1.61. The Morgan fingerprint density at radius 3 is 3.15 bits per heavy atom. The van der Waals surface area contributed by atoms with Crippen molar-refractivity contribution in [2.24, 2.45) is 7.05 Å². The number of Topliss-reactive ketones (excluding diaryl/α,β-unsaturated/α-hetero) is 1. The van der Waals surface area contributed by atoms with E-state index in [9.17, 15) is 4.79 Å². The Morgan fingerprint density at radius 1 is 1.69 bits per heavy atom. The lowest BCUT2D eigenvalue weighted by Gasteiger charge is -2.20. The molecule has 4 heteroatoms. The fraction of sp³-hybridized carbons (Fsp3) is 0.556. The van der Waals surface area contributed by atoms with Crippen LogP contribution in [0, 0.1) is 0 Å². The van der Waals surface area contributed by atoms with Gasteiger partial charge >= 0.3 is 0 Å². The molecule has 0 spiro atoms. The third kappa shape index (κ3) is 1.78. The standard InChI is InChI=1S/C9H13N3O/c1-12-5-9(11-6-12)8-4-7(13)2-3-10-8/h5-6,8,10H,2-4H2,1H3. The minimum atomic E-state index is 0.127. The minimum Gasteiger partial charge on any atom is -0.340 e. The zero-order valence-corrected chi connectivity index (χ0v) is 7.66. The molecule has 13 heavy (non-hydrogen) atoms. The van der Waals surface area contributed by atoms with E-state index >= 15 is 0 Å². The number of imidazole rings is 1. The van der Waals surface area contributed by atoms with E-state index in [0.717, 1.165) is 12.2 Å². The highest BCUT2D eigenvalue weighted by Gasteiger charge is 2.21. The van der Waals surface area contributed by atoms with Crippen molar-refractivity contribution in [3.05, 3.63) is 18.2 Å². The Morgan fingerprint density at radius 2 is 2.54 bits per heavy atom. The SMILES string of the molecule is Cn1cnc(C2CC(=O)CCN2)c1. The number of aryl methyl sites for hydroxylation is 1. The average Bonchev–Trinajstić information content (AvgIpc) is 2.52. The molecule has 0 amide bonds. The molecule has 4 nitrogen and oxygen atoms in total. The summed E-state index contributed by atoms with van der Waals surface area (Å²) in [4.78, 5) is 15.4. The fourth-order valence-electron chi connectivity index (χ4n) is 1.61. The van der Waals surface area contributed by atoms with Crippen molar-refractivity contribution in [2.75, 3.05) is 6.54 Å². The largest absolute Gasteiger partial charge is 0.340 e. The van der Waals surface area contributed by atoms with Gasteiger partial charge in [-0.25, -0.2) is 4.98 Å². The molecule has 0 aliphatic carbocycles. The van der Waals surface area contributed by atoms with E-state index in [1.54, 1.807) is 6.33 Å². The zero-order chi connectivity index (χ0) is 9.26. The lowest BCUT2D eigenvalue weighted by Crippen LogP contribution is -2.32. The van der Waals surface area contributed by atoms with Crippen LogP contribution in [-0.2, 0) is 11.8 Å². The second-order valence-electron chi connectivity index (χ2n) is 3.46. The topological polar surface area (TPSA) is 46.9 Å². The van der Waals surface area contributed by atoms with Crippen molar-refractivity contribution >= 4 is 5.78 Å². The first-order valence-electron chi connectivity index (χ1n) is 4.48. The third-order valence-corrected chi connectivity index (χ3v) is 2.31. The van der Waals surface area contributed by atoms with Gasteiger partial charge in [-0.2, -0.15) is 0 Å². The van der Waals surface area contributed by atoms with E-state index in [-0.39, 0.29) is 6.04 Å². The van der Waals surface area contributed by atoms with Gasteiger partial charge in [-0.3, -0.25) is 4.79 Å². The summed E-state index contributed by atoms with van der Waals surface area (Å²) < 4.78 is 1.90. The Balaban J connectivity index is 2.12. The van der Waals surface area contributed by atoms with Gasteiger partial charge in [0.1, 0.15) is 5.78 Å². The molecule has 1 aromatic rings. The first kappa shape index (κ1) is 8.44. The molecule has 0 saturated carbocycles. The van der Waals surface area contributed by atoms with E-state index in [1.165, 1.54) is 0 Å². The third-order valence-electron chi connectivity index (χ3n) is 2.31. The molecule has 1 atom stereocenters. The quantitative estimate of drug-likeness (QED) is 0.679. The maximum Gasteiger partial charge on any atom is 0.136 e. The van der Waals surface area contributed by atoms with E-state index in [4.69, 9.17) is 0 Å². The van der Waals surface area contributed by atoms with Crippen LogP contribution in [0.4, 0.5) is 0 Å². The maximum absolute atomic E-state index is 11.2. The lowest BCUT2D eigenvalue weighted by molar-refractivity contribution is -0.120. The molecule has 1 fully saturated rings. The summed E-state index contributed by atoms with van der Waals surface area (Å²) >= 11 is 0. The number of rotatable bonds is 1. The summed E-state index contributed by atoms with van der Waals surface area (Å²) in [7, 11) is 1.93. The van der Waals surface area contributed by atoms with Gasteiger partial charge in [-0.1, -0.05) is 0 Å². The summed E-state index contributed by atoms with van der Waals surface area (Å²) in [5.41, 5.74) is 0.968. The molecule has 1 unspecified atom stereocenters. The summed E-state index contributed by atoms with van der Waals surface area (Å²) in [6.07, 6.45) is 4.95. The van der Waals surface area contributed by atoms with E-state index in [1.807, 2.05) is 17.8 Å². The number of aromatic nitrogens is 2. The van der Waals surface area contributed by atoms with E-state index in [2.05, 4.69) is 10.3 Å². The normalized spacial score (nSPS) is 23.5. The van der Waals surface area contributed by atoms with Gasteiger partial charge in [0, 0.05) is 32.6 Å². The van der Waals surface area contributed by atoms with Gasteiger partial charge in [0.05, 0.1) is 18.1 Å². The highest BCUT2D eigenvalue weighted by atomic mass is 16.1. The number of hydrogen-bond acceptors (Lipinski definition) is 3. The molecule has 0 radical (unpaired) electrons. The second kappa shape index (κ2) is 3.30. The summed E-state index contributed by atoms with van der Waals surface area (Å²) in [5, 5.41) is 3.28. The predicted octanol–water partition coefficient (Wildman–Crippen LogP) is 0.414. The Kier molecular flexibility index (Phi) is 2.14. The number of nitrogens with zero attached hydrogens (tertiary/aromatic N) is 2. The van der Waals surface area contributed by atoms with Gasteiger partial charge < -0.3 is 9.88 Å². The molecular weight excluding hydrogens is 166 g/mol. The molecule has 0 aromatic carbocycles. The van der Waals surface area contributed by atoms with Crippen LogP contribution in [0.5, 0.6) is 0 Å². The summed E-state index contributed by atoms with van der Waals surface area (Å²) in [5.74, 6) is 0.328. The van der Waals surface area contributed by atoms with Gasteiger partial charge in [-0.05, 0) is 0 Å². The first-order chi connectivity index (χ1) is 6.25. The molecule has 1 aliphatic rings. The molecule has 2 heterocycles. The van der Waals surface area contributed by atoms with Gasteiger partial charge in [0.15, 0.2) is 0 Å². The minimum absolute atomic E-state index is 0.127. The summed E-state index contributed by atoms with van der Waals surface area (Å²) in [6, 6.07) is 0.127. The Bertz CT molecular complexity index is 318. The van der Waals surface area contributed by atoms with Crippen molar-refractivity contribution in [1.82, 2.24) is 14.9 Å². The lowest BCUT2D eigenvalue weighted by atomic mass is 10.0. The van der Waals surface area contributed by atoms with E-state index in [0.29, 0.717) is 18.6 Å². The Hall–Kier alpha value is -1.16. The van der Waals surface area contributed by atoms with Crippen molar-refractivity contribution < 1.29 is 4.79 Å². The second-order valence-corrected chi connectivity index (χ2v) is 3.46. The molecular formula is C9H13N3O. The highest BCUT2D eigenvalue weighted by molar-refractivity contribution is 5.80. The number of nitrogens with one attached hydrogen (secondary N) is 1. The van der Waals surface area contributed by atoms with Crippen LogP contribution in [0.2, 0.25) is 0 Å². The van der Waals surface area contributed by atoms with Crippen LogP contribution in [0.25, 0.3) is 0 Å². The van der Waals surface area contributed by atoms with Crippen molar-refractivity contribution in [3.63, 3.8) is 0 Å². The van der Waals surface area contributed by atoms with Gasteiger partial charge in [0.25, 0.3) is 0 Å². The molecule has 70 valence electrons. The number of ketones is 1. The smallest absolute Gasteiger partial charge is 0.136 e. The highest BCUT2D eigenvalue weighted by Crippen LogP contribution is 2.18. The maximum atomic E-state index is 11.2. The zero-order valence-electron chi connectivity index (χ0n) is 7.66. The van der Waals surface area contributed by atoms with Crippen molar-refractivity contribution in [2.45, 2.75) is 18.9 Å². The number of carbonyl (C=O) groups is 1. The van der Waals surface area contributed by atoms with Crippen LogP contribution >= 0.6 is 0 Å². The van der Waals surface area contributed by atoms with Crippen LogP contribution < -0.4 is 5.32 Å². The Labute approximate surface area is 77.0 Å². The predicted molar refractivity (Wildman–Crippen MR) is 48.2 cm³/mol. The van der Waals surface area contributed by atoms with Crippen molar-refractivity contribution in [1.29, 1.82) is 0 Å². The van der Waals surface area contributed by atoms with Gasteiger partial charge in [0.2, 0.25) is 0 Å². The van der Waals surface area contributed by atoms with Crippen LogP contribution in [-0.4, -0.2) is 21.9 Å². The molecule has 1 aromatic heterocycles. The average molecular weight is 179 g/mol. The summed E-state index contributed by atoms with van der Waals surface area (Å²) in [6.45, 7) is 0.778. The monoisotopic (exact) mass is 179 g/mol. The molecule has 2 rings (SSSR count).